The molecule has 0 radical (unpaired) electrons. The zero-order valence-corrected chi connectivity index (χ0v) is 20.7. The Morgan fingerprint density at radius 3 is 1.73 bits per heavy atom. The van der Waals surface area contributed by atoms with Crippen LogP contribution in [0.3, 0.4) is 0 Å². The van der Waals surface area contributed by atoms with Gasteiger partial charge in [0.25, 0.3) is 20.3 Å². The number of amides is 2. The molecule has 0 atom stereocenters. The zero-order chi connectivity index (χ0) is 24.4. The molecule has 0 bridgehead atoms. The highest BCUT2D eigenvalue weighted by molar-refractivity contribution is 7.42. The Balaban J connectivity index is 1.52. The molecule has 2 N–H and O–H groups in total. The number of imide groups is 1. The fourth-order valence-electron chi connectivity index (χ4n) is 3.71. The van der Waals surface area contributed by atoms with Gasteiger partial charge in [-0.25, -0.2) is 5.01 Å². The van der Waals surface area contributed by atoms with Gasteiger partial charge in [-0.3, -0.25) is 14.5 Å². The lowest BCUT2D eigenvalue weighted by Gasteiger charge is -2.40. The highest BCUT2D eigenvalue weighted by Gasteiger charge is 2.34. The van der Waals surface area contributed by atoms with Crippen molar-refractivity contribution >= 4 is 20.3 Å². The van der Waals surface area contributed by atoms with Crippen LogP contribution in [0.25, 0.3) is 0 Å². The van der Waals surface area contributed by atoms with Crippen LogP contribution in [0.4, 0.5) is 0 Å². The number of rotatable bonds is 16. The molecular weight excluding hydrogens is 449 g/mol. The molecule has 186 valence electrons. The number of nitrogens with zero attached hydrogens (tertiary/aromatic N) is 3. The molecule has 0 unspecified atom stereocenters. The molecule has 0 saturated carbocycles. The van der Waals surface area contributed by atoms with Gasteiger partial charge >= 0.3 is 0 Å². The summed E-state index contributed by atoms with van der Waals surface area (Å²) in [6.07, 6.45) is 0. The predicted octanol–water partition coefficient (Wildman–Crippen LogP) is 1.88. The van der Waals surface area contributed by atoms with Crippen molar-refractivity contribution < 1.29 is 33.6 Å². The van der Waals surface area contributed by atoms with Crippen LogP contribution >= 0.6 is 8.53 Å². The molecule has 2 amide bonds. The molecule has 1 aromatic carbocycles. The maximum atomic E-state index is 12.3. The molecule has 1 heterocycles. The zero-order valence-electron chi connectivity index (χ0n) is 19.8. The van der Waals surface area contributed by atoms with Crippen LogP contribution in [0.1, 0.15) is 48.4 Å². The van der Waals surface area contributed by atoms with E-state index in [0.29, 0.717) is 50.7 Å². The molecule has 1 aliphatic heterocycles. The van der Waals surface area contributed by atoms with Gasteiger partial charge in [-0.1, -0.05) is 12.1 Å². The minimum Gasteiger partial charge on any atom is -0.378 e. The third-order valence-corrected chi connectivity index (χ3v) is 5.87. The summed E-state index contributed by atoms with van der Waals surface area (Å²) in [5, 5.41) is 1.94. The van der Waals surface area contributed by atoms with Crippen LogP contribution in [-0.2, 0) is 14.2 Å². The number of ether oxygens (including phenoxy) is 3. The first-order valence-electron chi connectivity index (χ1n) is 11.2. The lowest BCUT2D eigenvalue weighted by Crippen LogP contribution is -2.49. The van der Waals surface area contributed by atoms with Gasteiger partial charge in [-0.15, -0.1) is 0 Å². The summed E-state index contributed by atoms with van der Waals surface area (Å²) < 4.78 is 18.0. The molecule has 11 heteroatoms. The van der Waals surface area contributed by atoms with Gasteiger partial charge in [0.05, 0.1) is 57.3 Å². The van der Waals surface area contributed by atoms with E-state index in [4.69, 9.17) is 14.2 Å². The van der Waals surface area contributed by atoms with E-state index in [1.807, 2.05) is 32.7 Å². The average Bonchev–Trinajstić information content (AvgIpc) is 3.00. The monoisotopic (exact) mass is 485 g/mol. The second kappa shape index (κ2) is 14.0. The minimum atomic E-state index is -2.24. The maximum Gasteiger partial charge on any atom is 0.268 e. The summed E-state index contributed by atoms with van der Waals surface area (Å²) in [7, 11) is -2.24. The number of hydrogen-bond acceptors (Lipinski definition) is 9. The molecule has 0 spiro atoms. The standard InChI is InChI=1S/C22H36N3O7P/c1-17(2)25(18(3)4)24(33(28)29)10-12-31-14-16-32-15-13-30-11-9-23-21(26)19-7-5-6-8-20(19)22(23)27/h5-8,17-18,28-29H,9-16H2,1-4H3. The van der Waals surface area contributed by atoms with Crippen LogP contribution in [0.2, 0.25) is 0 Å². The van der Waals surface area contributed by atoms with Crippen molar-refractivity contribution in [2.45, 2.75) is 39.8 Å². The smallest absolute Gasteiger partial charge is 0.268 e. The van der Waals surface area contributed by atoms with Crippen molar-refractivity contribution in [3.63, 3.8) is 0 Å². The summed E-state index contributed by atoms with van der Waals surface area (Å²) in [6, 6.07) is 7.06. The molecule has 2 rings (SSSR count). The second-order valence-corrected chi connectivity index (χ2v) is 9.07. The van der Waals surface area contributed by atoms with E-state index >= 15 is 0 Å². The lowest BCUT2D eigenvalue weighted by atomic mass is 10.1. The molecular formula is C22H36N3O7P. The van der Waals surface area contributed by atoms with Crippen molar-refractivity contribution in [2.24, 2.45) is 0 Å². The second-order valence-electron chi connectivity index (χ2n) is 8.08. The largest absolute Gasteiger partial charge is 0.378 e. The van der Waals surface area contributed by atoms with Gasteiger partial charge in [0.15, 0.2) is 0 Å². The third kappa shape index (κ3) is 8.05. The molecule has 1 aromatic rings. The van der Waals surface area contributed by atoms with Crippen LogP contribution in [0, 0.1) is 0 Å². The SMILES string of the molecule is CC(C)N(C(C)C)N(CCOCCOCCOCCN1C(=O)c2ccccc2C1=O)P(O)O. The highest BCUT2D eigenvalue weighted by atomic mass is 31.2. The Bertz CT molecular complexity index is 720. The number of hydrogen-bond donors (Lipinski definition) is 2. The van der Waals surface area contributed by atoms with E-state index in [0.717, 1.165) is 0 Å². The van der Waals surface area contributed by atoms with Crippen molar-refractivity contribution in [3.05, 3.63) is 35.4 Å². The minimum absolute atomic E-state index is 0.134. The number of fused-ring (bicyclic) bond motifs is 1. The van der Waals surface area contributed by atoms with E-state index in [2.05, 4.69) is 0 Å². The summed E-state index contributed by atoms with van der Waals surface area (Å²) in [6.45, 7) is 10.6. The Hall–Kier alpha value is -1.49. The van der Waals surface area contributed by atoms with Gasteiger partial charge in [0, 0.05) is 18.6 Å². The highest BCUT2D eigenvalue weighted by Crippen LogP contribution is 2.33. The summed E-state index contributed by atoms with van der Waals surface area (Å²) in [5.74, 6) is -0.572. The summed E-state index contributed by atoms with van der Waals surface area (Å²) in [4.78, 5) is 45.2. The maximum absolute atomic E-state index is 12.3. The first-order valence-corrected chi connectivity index (χ1v) is 12.4. The quantitative estimate of drug-likeness (QED) is 0.157. The van der Waals surface area contributed by atoms with E-state index in [1.165, 1.54) is 4.90 Å². The Morgan fingerprint density at radius 2 is 1.27 bits per heavy atom. The van der Waals surface area contributed by atoms with Gasteiger partial charge in [0.1, 0.15) is 0 Å². The molecule has 10 nitrogen and oxygen atoms in total. The van der Waals surface area contributed by atoms with Crippen molar-refractivity contribution in [1.82, 2.24) is 14.7 Å². The molecule has 0 aliphatic carbocycles. The van der Waals surface area contributed by atoms with Gasteiger partial charge in [-0.2, -0.15) is 4.78 Å². The normalized spacial score (nSPS) is 14.1. The van der Waals surface area contributed by atoms with E-state index in [-0.39, 0.29) is 37.0 Å². The van der Waals surface area contributed by atoms with Gasteiger partial charge in [0.2, 0.25) is 0 Å². The molecule has 0 saturated heterocycles. The van der Waals surface area contributed by atoms with Crippen LogP contribution < -0.4 is 0 Å². The van der Waals surface area contributed by atoms with Crippen LogP contribution in [0.5, 0.6) is 0 Å². The fourth-order valence-corrected chi connectivity index (χ4v) is 4.57. The number of carbonyl (C=O) groups is 2. The Kier molecular flexibility index (Phi) is 11.8. The average molecular weight is 486 g/mol. The first-order chi connectivity index (χ1) is 15.8. The fraction of sp³-hybridized carbons (Fsp3) is 0.636. The van der Waals surface area contributed by atoms with E-state index in [9.17, 15) is 19.4 Å². The van der Waals surface area contributed by atoms with Crippen molar-refractivity contribution in [2.75, 3.05) is 52.7 Å². The van der Waals surface area contributed by atoms with Gasteiger partial charge in [-0.05, 0) is 39.8 Å². The molecule has 0 aromatic heterocycles. The van der Waals surface area contributed by atoms with Crippen LogP contribution in [0.15, 0.2) is 24.3 Å². The predicted molar refractivity (Wildman–Crippen MR) is 124 cm³/mol. The van der Waals surface area contributed by atoms with Crippen molar-refractivity contribution in [3.8, 4) is 0 Å². The van der Waals surface area contributed by atoms with Gasteiger partial charge < -0.3 is 24.0 Å². The first kappa shape index (κ1) is 27.8. The summed E-state index contributed by atoms with van der Waals surface area (Å²) in [5.41, 5.74) is 0.870. The molecule has 1 aliphatic rings. The topological polar surface area (TPSA) is 112 Å². The Morgan fingerprint density at radius 1 is 0.818 bits per heavy atom. The van der Waals surface area contributed by atoms with Crippen molar-refractivity contribution in [1.29, 1.82) is 0 Å². The number of benzene rings is 1. The Labute approximate surface area is 196 Å². The van der Waals surface area contributed by atoms with Crippen LogP contribution in [-0.4, -0.2) is 101 Å². The molecule has 0 fully saturated rings. The van der Waals surface area contributed by atoms with E-state index in [1.54, 1.807) is 29.0 Å². The lowest BCUT2D eigenvalue weighted by molar-refractivity contribution is -0.0387. The number of carbonyl (C=O) groups excluding carboxylic acids is 2. The summed E-state index contributed by atoms with van der Waals surface area (Å²) >= 11 is 0. The number of hydrazine groups is 1. The van der Waals surface area contributed by atoms with E-state index < -0.39 is 8.53 Å². The third-order valence-electron chi connectivity index (χ3n) is 5.05. The molecule has 33 heavy (non-hydrogen) atoms.